The van der Waals surface area contributed by atoms with Gasteiger partial charge in [0.2, 0.25) is 5.91 Å². The molecule has 6 nitrogen and oxygen atoms in total. The van der Waals surface area contributed by atoms with Crippen LogP contribution in [0.3, 0.4) is 0 Å². The van der Waals surface area contributed by atoms with Crippen LogP contribution in [0.4, 0.5) is 11.4 Å². The van der Waals surface area contributed by atoms with E-state index in [0.29, 0.717) is 23.7 Å². The highest BCUT2D eigenvalue weighted by Crippen LogP contribution is 2.32. The van der Waals surface area contributed by atoms with E-state index in [1.165, 1.54) is 0 Å². The van der Waals surface area contributed by atoms with Gasteiger partial charge >= 0.3 is 0 Å². The van der Waals surface area contributed by atoms with Crippen molar-refractivity contribution in [2.45, 2.75) is 18.7 Å². The first kappa shape index (κ1) is 23.3. The van der Waals surface area contributed by atoms with Gasteiger partial charge in [-0.25, -0.2) is 8.42 Å². The Morgan fingerprint density at radius 1 is 0.882 bits per heavy atom. The third-order valence-corrected chi connectivity index (χ3v) is 7.14. The second-order valence-corrected chi connectivity index (χ2v) is 9.70. The first-order valence-electron chi connectivity index (χ1n) is 11.0. The maximum absolute atomic E-state index is 13.7. The number of fused-ring (bicyclic) bond motifs is 1. The van der Waals surface area contributed by atoms with Crippen LogP contribution in [0.25, 0.3) is 10.8 Å². The van der Waals surface area contributed by atoms with Crippen molar-refractivity contribution in [3.8, 4) is 5.75 Å². The van der Waals surface area contributed by atoms with Gasteiger partial charge in [0.1, 0.15) is 12.3 Å². The molecular weight excluding hydrogens is 448 g/mol. The predicted molar refractivity (Wildman–Crippen MR) is 136 cm³/mol. The first-order valence-corrected chi connectivity index (χ1v) is 12.4. The van der Waals surface area contributed by atoms with Crippen molar-refractivity contribution < 1.29 is 17.9 Å². The predicted octanol–water partition coefficient (Wildman–Crippen LogP) is 5.38. The van der Waals surface area contributed by atoms with Crippen LogP contribution in [-0.2, 0) is 14.8 Å². The van der Waals surface area contributed by atoms with E-state index >= 15 is 0 Å². The summed E-state index contributed by atoms with van der Waals surface area (Å²) in [6, 6.07) is 26.8. The molecule has 0 fully saturated rings. The SMILES string of the molecule is CCOc1ccccc1N(CC(=O)Nc1ccc2ccccc2c1)S(=O)(=O)c1ccc(C)cc1. The van der Waals surface area contributed by atoms with E-state index in [9.17, 15) is 13.2 Å². The molecule has 0 aliphatic heterocycles. The molecule has 4 aromatic rings. The quantitative estimate of drug-likeness (QED) is 0.372. The lowest BCUT2D eigenvalue weighted by atomic mass is 10.1. The molecule has 0 heterocycles. The van der Waals surface area contributed by atoms with E-state index in [4.69, 9.17) is 4.74 Å². The molecule has 34 heavy (non-hydrogen) atoms. The van der Waals surface area contributed by atoms with Gasteiger partial charge in [-0.1, -0.05) is 60.2 Å². The number of nitrogens with zero attached hydrogens (tertiary/aromatic N) is 1. The summed E-state index contributed by atoms with van der Waals surface area (Å²) in [6.45, 7) is 3.66. The molecule has 0 bridgehead atoms. The third-order valence-electron chi connectivity index (χ3n) is 5.36. The number of hydrogen-bond donors (Lipinski definition) is 1. The number of carbonyl (C=O) groups excluding carboxylic acids is 1. The number of ether oxygens (including phenoxy) is 1. The van der Waals surface area contributed by atoms with E-state index in [1.807, 2.05) is 50.2 Å². The topological polar surface area (TPSA) is 75.7 Å². The number of rotatable bonds is 8. The van der Waals surface area contributed by atoms with Crippen LogP contribution in [0.15, 0.2) is 95.9 Å². The van der Waals surface area contributed by atoms with Gasteiger partial charge in [0.05, 0.1) is 17.2 Å². The number of para-hydroxylation sites is 2. The molecule has 0 saturated carbocycles. The van der Waals surface area contributed by atoms with E-state index in [1.54, 1.807) is 54.6 Å². The summed E-state index contributed by atoms with van der Waals surface area (Å²) in [5.74, 6) is -0.0727. The van der Waals surface area contributed by atoms with Gasteiger partial charge in [0.25, 0.3) is 10.0 Å². The highest BCUT2D eigenvalue weighted by Gasteiger charge is 2.29. The first-order chi connectivity index (χ1) is 16.4. The lowest BCUT2D eigenvalue weighted by molar-refractivity contribution is -0.114. The van der Waals surface area contributed by atoms with E-state index in [2.05, 4.69) is 5.32 Å². The minimum atomic E-state index is -4.04. The number of sulfonamides is 1. The van der Waals surface area contributed by atoms with Crippen molar-refractivity contribution in [2.75, 3.05) is 22.8 Å². The van der Waals surface area contributed by atoms with Crippen LogP contribution in [0.1, 0.15) is 12.5 Å². The zero-order valence-corrected chi connectivity index (χ0v) is 19.9. The van der Waals surface area contributed by atoms with Crippen LogP contribution in [-0.4, -0.2) is 27.5 Å². The molecule has 0 radical (unpaired) electrons. The third kappa shape index (κ3) is 5.05. The molecule has 4 rings (SSSR count). The number of aryl methyl sites for hydroxylation is 1. The number of carbonyl (C=O) groups is 1. The Hall–Kier alpha value is -3.84. The van der Waals surface area contributed by atoms with Gasteiger partial charge < -0.3 is 10.1 Å². The minimum Gasteiger partial charge on any atom is -0.492 e. The Bertz CT molecular complexity index is 1420. The average molecular weight is 475 g/mol. The van der Waals surface area contributed by atoms with E-state index in [0.717, 1.165) is 20.6 Å². The number of anilines is 2. The van der Waals surface area contributed by atoms with Gasteiger partial charge in [-0.2, -0.15) is 0 Å². The second kappa shape index (κ2) is 9.97. The zero-order chi connectivity index (χ0) is 24.1. The summed E-state index contributed by atoms with van der Waals surface area (Å²) in [6.07, 6.45) is 0. The highest BCUT2D eigenvalue weighted by molar-refractivity contribution is 7.92. The normalized spacial score (nSPS) is 11.2. The fourth-order valence-electron chi connectivity index (χ4n) is 3.68. The van der Waals surface area contributed by atoms with Gasteiger partial charge in [0.15, 0.2) is 0 Å². The van der Waals surface area contributed by atoms with Crippen LogP contribution in [0.2, 0.25) is 0 Å². The molecular formula is C27H26N2O4S. The standard InChI is InChI=1S/C27H26N2O4S/c1-3-33-26-11-7-6-10-25(26)29(34(31,32)24-16-12-20(2)13-17-24)19-27(30)28-23-15-14-21-8-4-5-9-22(21)18-23/h4-18H,3,19H2,1-2H3,(H,28,30). The van der Waals surface area contributed by atoms with Crippen LogP contribution in [0, 0.1) is 6.92 Å². The van der Waals surface area contributed by atoms with Crippen LogP contribution in [0.5, 0.6) is 5.75 Å². The maximum Gasteiger partial charge on any atom is 0.264 e. The van der Waals surface area contributed by atoms with E-state index in [-0.39, 0.29) is 4.90 Å². The summed E-state index contributed by atoms with van der Waals surface area (Å²) < 4.78 is 34.1. The lowest BCUT2D eigenvalue weighted by Crippen LogP contribution is -2.38. The van der Waals surface area contributed by atoms with Crippen LogP contribution < -0.4 is 14.4 Å². The van der Waals surface area contributed by atoms with Gasteiger partial charge in [-0.15, -0.1) is 0 Å². The molecule has 4 aromatic carbocycles. The van der Waals surface area contributed by atoms with E-state index < -0.39 is 22.5 Å². The Morgan fingerprint density at radius 3 is 2.29 bits per heavy atom. The van der Waals surface area contributed by atoms with Gasteiger partial charge in [-0.3, -0.25) is 9.10 Å². The molecule has 1 N–H and O–H groups in total. The zero-order valence-electron chi connectivity index (χ0n) is 19.1. The molecule has 0 atom stereocenters. The Kier molecular flexibility index (Phi) is 6.84. The molecule has 7 heteroatoms. The number of benzene rings is 4. The smallest absolute Gasteiger partial charge is 0.264 e. The van der Waals surface area contributed by atoms with Crippen molar-refractivity contribution >= 4 is 38.1 Å². The highest BCUT2D eigenvalue weighted by atomic mass is 32.2. The molecule has 174 valence electrons. The average Bonchev–Trinajstić information content (AvgIpc) is 2.83. The van der Waals surface area contributed by atoms with Crippen molar-refractivity contribution in [1.82, 2.24) is 0 Å². The van der Waals surface area contributed by atoms with Crippen molar-refractivity contribution in [1.29, 1.82) is 0 Å². The number of hydrogen-bond acceptors (Lipinski definition) is 4. The Morgan fingerprint density at radius 2 is 1.56 bits per heavy atom. The number of amides is 1. The molecule has 0 saturated heterocycles. The van der Waals surface area contributed by atoms with Crippen molar-refractivity contribution in [2.24, 2.45) is 0 Å². The Balaban J connectivity index is 1.69. The Labute approximate surface area is 199 Å². The largest absolute Gasteiger partial charge is 0.492 e. The summed E-state index contributed by atoms with van der Waals surface area (Å²) >= 11 is 0. The molecule has 0 spiro atoms. The lowest BCUT2D eigenvalue weighted by Gasteiger charge is -2.26. The van der Waals surface area contributed by atoms with Crippen molar-refractivity contribution in [3.05, 3.63) is 96.6 Å². The molecule has 1 amide bonds. The summed E-state index contributed by atoms with van der Waals surface area (Å²) in [4.78, 5) is 13.2. The second-order valence-electron chi connectivity index (χ2n) is 7.84. The summed E-state index contributed by atoms with van der Waals surface area (Å²) in [5, 5.41) is 4.86. The van der Waals surface area contributed by atoms with Gasteiger partial charge in [0, 0.05) is 5.69 Å². The monoisotopic (exact) mass is 474 g/mol. The van der Waals surface area contributed by atoms with Gasteiger partial charge in [-0.05, 0) is 61.0 Å². The molecule has 0 aliphatic rings. The number of nitrogens with one attached hydrogen (secondary N) is 1. The van der Waals surface area contributed by atoms with Crippen molar-refractivity contribution in [3.63, 3.8) is 0 Å². The summed E-state index contributed by atoms with van der Waals surface area (Å²) in [7, 11) is -4.04. The molecule has 0 unspecified atom stereocenters. The maximum atomic E-state index is 13.7. The molecule has 0 aromatic heterocycles. The summed E-state index contributed by atoms with van der Waals surface area (Å²) in [5.41, 5.74) is 1.84. The minimum absolute atomic E-state index is 0.0999. The van der Waals surface area contributed by atoms with Crippen LogP contribution >= 0.6 is 0 Å². The molecule has 0 aliphatic carbocycles. The fraction of sp³-hybridized carbons (Fsp3) is 0.148. The fourth-order valence-corrected chi connectivity index (χ4v) is 5.11.